The van der Waals surface area contributed by atoms with Gasteiger partial charge in [-0.15, -0.1) is 0 Å². The monoisotopic (exact) mass is 370 g/mol. The Kier molecular flexibility index (Phi) is 6.76. The molecule has 0 unspecified atom stereocenters. The highest BCUT2D eigenvalue weighted by Gasteiger charge is 2.20. The fourth-order valence-electron chi connectivity index (χ4n) is 3.34. The summed E-state index contributed by atoms with van der Waals surface area (Å²) < 4.78 is 13.9. The molecule has 3 rings (SSSR count). The first-order valence-electron chi connectivity index (χ1n) is 9.48. The quantitative estimate of drug-likeness (QED) is 0.751. The summed E-state index contributed by atoms with van der Waals surface area (Å²) in [6.45, 7) is 4.73. The van der Waals surface area contributed by atoms with Crippen LogP contribution in [0.5, 0.6) is 0 Å². The molecule has 1 aliphatic heterocycles. The normalized spacial score (nSPS) is 15.0. The summed E-state index contributed by atoms with van der Waals surface area (Å²) in [5.41, 5.74) is 1.86. The molecule has 1 aliphatic rings. The first-order chi connectivity index (χ1) is 13.1. The Morgan fingerprint density at radius 3 is 2.52 bits per heavy atom. The molecular weight excluding hydrogens is 343 g/mol. The van der Waals surface area contributed by atoms with E-state index in [1.54, 1.807) is 23.4 Å². The summed E-state index contributed by atoms with van der Waals surface area (Å²) >= 11 is 0. The third-order valence-electron chi connectivity index (χ3n) is 5.12. The van der Waals surface area contributed by atoms with Crippen LogP contribution in [0.15, 0.2) is 48.8 Å². The van der Waals surface area contributed by atoms with Gasteiger partial charge < -0.3 is 9.80 Å². The molecule has 0 aliphatic carbocycles. The van der Waals surface area contributed by atoms with Gasteiger partial charge in [-0.3, -0.25) is 14.7 Å². The fourth-order valence-corrected chi connectivity index (χ4v) is 3.34. The lowest BCUT2D eigenvalue weighted by molar-refractivity contribution is -0.130. The molecule has 0 radical (unpaired) electrons. The number of pyridine rings is 1. The topological polar surface area (TPSA) is 39.7 Å². The Labute approximate surface area is 160 Å². The molecule has 6 heteroatoms. The SMILES string of the molecule is CN(CCc1ccncc1)C(=O)CCN1CCN(c2ccccc2F)CC1. The lowest BCUT2D eigenvalue weighted by Crippen LogP contribution is -2.47. The Morgan fingerprint density at radius 2 is 1.81 bits per heavy atom. The van der Waals surface area contributed by atoms with Gasteiger partial charge in [0, 0.05) is 65.1 Å². The number of piperazine rings is 1. The highest BCUT2D eigenvalue weighted by Crippen LogP contribution is 2.20. The molecule has 0 saturated carbocycles. The van der Waals surface area contributed by atoms with Gasteiger partial charge in [0.2, 0.25) is 5.91 Å². The van der Waals surface area contributed by atoms with E-state index in [0.717, 1.165) is 39.1 Å². The van der Waals surface area contributed by atoms with E-state index in [4.69, 9.17) is 0 Å². The van der Waals surface area contributed by atoms with Gasteiger partial charge in [-0.1, -0.05) is 12.1 Å². The lowest BCUT2D eigenvalue weighted by atomic mass is 10.2. The Morgan fingerprint density at radius 1 is 1.11 bits per heavy atom. The number of nitrogens with zero attached hydrogens (tertiary/aromatic N) is 4. The van der Waals surface area contributed by atoms with E-state index in [0.29, 0.717) is 18.7 Å². The first kappa shape index (κ1) is 19.3. The van der Waals surface area contributed by atoms with Gasteiger partial charge in [0.25, 0.3) is 0 Å². The Bertz CT molecular complexity index is 732. The maximum atomic E-state index is 13.9. The highest BCUT2D eigenvalue weighted by molar-refractivity contribution is 5.76. The minimum atomic E-state index is -0.169. The summed E-state index contributed by atoms with van der Waals surface area (Å²) in [6.07, 6.45) is 4.91. The summed E-state index contributed by atoms with van der Waals surface area (Å²) in [5, 5.41) is 0. The van der Waals surface area contributed by atoms with Crippen molar-refractivity contribution in [1.82, 2.24) is 14.8 Å². The van der Waals surface area contributed by atoms with Crippen LogP contribution in [0.2, 0.25) is 0 Å². The fraction of sp³-hybridized carbons (Fsp3) is 0.429. The van der Waals surface area contributed by atoms with Crippen molar-refractivity contribution in [3.63, 3.8) is 0 Å². The second-order valence-corrected chi connectivity index (χ2v) is 6.95. The van der Waals surface area contributed by atoms with Crippen molar-refractivity contribution in [2.45, 2.75) is 12.8 Å². The van der Waals surface area contributed by atoms with Crippen LogP contribution in [0.25, 0.3) is 0 Å². The number of anilines is 1. The number of hydrogen-bond acceptors (Lipinski definition) is 4. The van der Waals surface area contributed by atoms with Crippen LogP contribution in [0.1, 0.15) is 12.0 Å². The maximum absolute atomic E-state index is 13.9. The first-order valence-corrected chi connectivity index (χ1v) is 9.48. The maximum Gasteiger partial charge on any atom is 0.223 e. The number of rotatable bonds is 7. The molecule has 0 spiro atoms. The number of para-hydroxylation sites is 1. The van der Waals surface area contributed by atoms with Crippen molar-refractivity contribution < 1.29 is 9.18 Å². The van der Waals surface area contributed by atoms with Crippen LogP contribution < -0.4 is 4.90 Å². The number of benzene rings is 1. The number of amides is 1. The predicted octanol–water partition coefficient (Wildman–Crippen LogP) is 2.43. The van der Waals surface area contributed by atoms with E-state index in [2.05, 4.69) is 14.8 Å². The number of carbonyl (C=O) groups is 1. The van der Waals surface area contributed by atoms with Gasteiger partial charge in [0.1, 0.15) is 5.82 Å². The predicted molar refractivity (Wildman–Crippen MR) is 105 cm³/mol. The minimum absolute atomic E-state index is 0.167. The van der Waals surface area contributed by atoms with Gasteiger partial charge in [-0.05, 0) is 36.2 Å². The van der Waals surface area contributed by atoms with Crippen molar-refractivity contribution in [2.24, 2.45) is 0 Å². The minimum Gasteiger partial charge on any atom is -0.367 e. The Balaban J connectivity index is 1.38. The summed E-state index contributed by atoms with van der Waals surface area (Å²) in [4.78, 5) is 22.5. The Hall–Kier alpha value is -2.47. The molecule has 0 bridgehead atoms. The lowest BCUT2D eigenvalue weighted by Gasteiger charge is -2.36. The van der Waals surface area contributed by atoms with Crippen LogP contribution >= 0.6 is 0 Å². The van der Waals surface area contributed by atoms with Gasteiger partial charge >= 0.3 is 0 Å². The van der Waals surface area contributed by atoms with Crippen LogP contribution in [0, 0.1) is 5.82 Å². The van der Waals surface area contributed by atoms with Gasteiger partial charge in [-0.25, -0.2) is 4.39 Å². The molecule has 1 aromatic heterocycles. The molecule has 5 nitrogen and oxygen atoms in total. The van der Waals surface area contributed by atoms with Gasteiger partial charge in [0.05, 0.1) is 5.69 Å². The van der Waals surface area contributed by atoms with Crippen molar-refractivity contribution >= 4 is 11.6 Å². The molecule has 1 saturated heterocycles. The average Bonchev–Trinajstić information content (AvgIpc) is 2.72. The van der Waals surface area contributed by atoms with Crippen molar-refractivity contribution in [3.05, 3.63) is 60.2 Å². The number of aromatic nitrogens is 1. The molecule has 0 N–H and O–H groups in total. The number of carbonyl (C=O) groups excluding carboxylic acids is 1. The molecule has 2 aromatic rings. The van der Waals surface area contributed by atoms with E-state index in [1.807, 2.05) is 31.3 Å². The molecule has 1 fully saturated rings. The number of likely N-dealkylation sites (N-methyl/N-ethyl adjacent to an activating group) is 1. The molecule has 144 valence electrons. The van der Waals surface area contributed by atoms with Crippen LogP contribution in [-0.2, 0) is 11.2 Å². The van der Waals surface area contributed by atoms with Crippen molar-refractivity contribution in [2.75, 3.05) is 51.2 Å². The molecule has 1 amide bonds. The van der Waals surface area contributed by atoms with Crippen molar-refractivity contribution in [3.8, 4) is 0 Å². The van der Waals surface area contributed by atoms with Gasteiger partial charge in [0.15, 0.2) is 0 Å². The zero-order chi connectivity index (χ0) is 19.1. The van der Waals surface area contributed by atoms with Crippen LogP contribution in [-0.4, -0.2) is 67.0 Å². The van der Waals surface area contributed by atoms with Crippen LogP contribution in [0.4, 0.5) is 10.1 Å². The largest absolute Gasteiger partial charge is 0.367 e. The second kappa shape index (κ2) is 9.46. The van der Waals surface area contributed by atoms with E-state index in [9.17, 15) is 9.18 Å². The van der Waals surface area contributed by atoms with E-state index in [-0.39, 0.29) is 11.7 Å². The van der Waals surface area contributed by atoms with Crippen molar-refractivity contribution in [1.29, 1.82) is 0 Å². The summed E-state index contributed by atoms with van der Waals surface area (Å²) in [7, 11) is 1.86. The van der Waals surface area contributed by atoms with E-state index in [1.165, 1.54) is 11.6 Å². The van der Waals surface area contributed by atoms with E-state index < -0.39 is 0 Å². The molecular formula is C21H27FN4O. The van der Waals surface area contributed by atoms with Gasteiger partial charge in [-0.2, -0.15) is 0 Å². The number of hydrogen-bond donors (Lipinski definition) is 0. The highest BCUT2D eigenvalue weighted by atomic mass is 19.1. The molecule has 1 aromatic carbocycles. The standard InChI is InChI=1S/C21H27FN4O/c1-24(12-8-18-6-10-23-11-7-18)21(27)9-13-25-14-16-26(17-15-25)20-5-3-2-4-19(20)22/h2-7,10-11H,8-9,12-17H2,1H3. The second-order valence-electron chi connectivity index (χ2n) is 6.95. The van der Waals surface area contributed by atoms with E-state index >= 15 is 0 Å². The summed E-state index contributed by atoms with van der Waals surface area (Å²) in [6, 6.07) is 10.9. The zero-order valence-corrected chi connectivity index (χ0v) is 15.9. The average molecular weight is 370 g/mol. The number of halogens is 1. The van der Waals surface area contributed by atoms with Crippen LogP contribution in [0.3, 0.4) is 0 Å². The third kappa shape index (κ3) is 5.50. The summed E-state index contributed by atoms with van der Waals surface area (Å²) in [5.74, 6) is -0.00228. The third-order valence-corrected chi connectivity index (χ3v) is 5.12. The smallest absolute Gasteiger partial charge is 0.223 e. The molecule has 27 heavy (non-hydrogen) atoms. The zero-order valence-electron chi connectivity index (χ0n) is 15.9. The molecule has 0 atom stereocenters. The molecule has 2 heterocycles.